The number of nitrogens with zero attached hydrogens (tertiary/aromatic N) is 1. The summed E-state index contributed by atoms with van der Waals surface area (Å²) < 4.78 is 0. The highest BCUT2D eigenvalue weighted by Gasteiger charge is 2.36. The maximum absolute atomic E-state index is 12.4. The maximum Gasteiger partial charge on any atom is 0.261 e. The zero-order valence-corrected chi connectivity index (χ0v) is 15.1. The number of rotatable bonds is 7. The molecule has 0 bridgehead atoms. The number of halogens is 1. The van der Waals surface area contributed by atoms with Crippen molar-refractivity contribution in [3.05, 3.63) is 34.9 Å². The lowest BCUT2D eigenvalue weighted by Gasteiger charge is -2.16. The van der Waals surface area contributed by atoms with Crippen molar-refractivity contribution in [2.45, 2.75) is 38.6 Å². The molecule has 0 radical (unpaired) electrons. The van der Waals surface area contributed by atoms with Crippen molar-refractivity contribution in [3.8, 4) is 0 Å². The number of amides is 3. The molecule has 136 valence electrons. The average molecular weight is 366 g/mol. The molecule has 1 aromatic rings. The predicted molar refractivity (Wildman–Crippen MR) is 97.0 cm³/mol. The smallest absolute Gasteiger partial charge is 0.261 e. The van der Waals surface area contributed by atoms with Gasteiger partial charge >= 0.3 is 0 Å². The zero-order chi connectivity index (χ0) is 17.3. The summed E-state index contributed by atoms with van der Waals surface area (Å²) in [6.45, 7) is 2.83. The van der Waals surface area contributed by atoms with Crippen molar-refractivity contribution in [2.24, 2.45) is 11.7 Å². The molecule has 25 heavy (non-hydrogen) atoms. The van der Waals surface area contributed by atoms with Crippen molar-refractivity contribution >= 4 is 30.1 Å². The van der Waals surface area contributed by atoms with E-state index in [-0.39, 0.29) is 36.2 Å². The van der Waals surface area contributed by atoms with Gasteiger partial charge in [-0.2, -0.15) is 0 Å². The fraction of sp³-hybridized carbons (Fsp3) is 0.500. The number of hydrogen-bond donors (Lipinski definition) is 2. The molecule has 1 saturated carbocycles. The lowest BCUT2D eigenvalue weighted by molar-refractivity contribution is 0.0652. The first-order valence-electron chi connectivity index (χ1n) is 8.58. The van der Waals surface area contributed by atoms with Crippen molar-refractivity contribution < 1.29 is 14.4 Å². The molecule has 3 N–H and O–H groups in total. The van der Waals surface area contributed by atoms with Crippen LogP contribution in [0.5, 0.6) is 0 Å². The molecule has 1 aromatic carbocycles. The Labute approximate surface area is 153 Å². The normalized spacial score (nSPS) is 17.1. The molecule has 3 amide bonds. The molecule has 0 spiro atoms. The summed E-state index contributed by atoms with van der Waals surface area (Å²) in [6, 6.07) is 4.68. The Morgan fingerprint density at radius 1 is 1.28 bits per heavy atom. The van der Waals surface area contributed by atoms with E-state index in [4.69, 9.17) is 5.73 Å². The molecule has 1 aliphatic carbocycles. The summed E-state index contributed by atoms with van der Waals surface area (Å²) >= 11 is 0. The SMILES string of the molecule is CCCCN1C(=O)c2ccc(C(=O)NC(CN)C3CC3)cc2C1=O.Cl. The fourth-order valence-corrected chi connectivity index (χ4v) is 3.07. The first-order chi connectivity index (χ1) is 11.6. The van der Waals surface area contributed by atoms with Gasteiger partial charge in [0.1, 0.15) is 0 Å². The molecule has 0 aromatic heterocycles. The summed E-state index contributed by atoms with van der Waals surface area (Å²) in [4.78, 5) is 38.4. The largest absolute Gasteiger partial charge is 0.348 e. The highest BCUT2D eigenvalue weighted by molar-refractivity contribution is 6.22. The predicted octanol–water partition coefficient (Wildman–Crippen LogP) is 1.97. The molecule has 3 rings (SSSR count). The van der Waals surface area contributed by atoms with Crippen LogP contribution in [0, 0.1) is 5.92 Å². The van der Waals surface area contributed by atoms with Gasteiger partial charge in [0.15, 0.2) is 0 Å². The van der Waals surface area contributed by atoms with Crippen LogP contribution in [0.2, 0.25) is 0 Å². The number of benzene rings is 1. The van der Waals surface area contributed by atoms with Gasteiger partial charge in [-0.3, -0.25) is 19.3 Å². The monoisotopic (exact) mass is 365 g/mol. The van der Waals surface area contributed by atoms with Crippen LogP contribution in [-0.4, -0.2) is 41.8 Å². The molecule has 1 fully saturated rings. The third kappa shape index (κ3) is 3.85. The van der Waals surface area contributed by atoms with Crippen LogP contribution >= 0.6 is 12.4 Å². The van der Waals surface area contributed by atoms with Gasteiger partial charge in [-0.25, -0.2) is 0 Å². The van der Waals surface area contributed by atoms with Crippen LogP contribution in [0.3, 0.4) is 0 Å². The molecule has 6 nitrogen and oxygen atoms in total. The van der Waals surface area contributed by atoms with Gasteiger partial charge in [0.2, 0.25) is 0 Å². The van der Waals surface area contributed by atoms with E-state index in [9.17, 15) is 14.4 Å². The van der Waals surface area contributed by atoms with Gasteiger partial charge in [-0.15, -0.1) is 12.4 Å². The third-order valence-corrected chi connectivity index (χ3v) is 4.73. The summed E-state index contributed by atoms with van der Waals surface area (Å²) in [5, 5.41) is 2.93. The minimum atomic E-state index is -0.310. The number of unbranched alkanes of at least 4 members (excludes halogenated alkanes) is 1. The Hall–Kier alpha value is -1.92. The standard InChI is InChI=1S/C18H23N3O3.ClH/c1-2-3-8-21-17(23)13-7-6-12(9-14(13)18(21)24)16(22)20-15(10-19)11-4-5-11;/h6-7,9,11,15H,2-5,8,10,19H2,1H3,(H,20,22);1H. The Balaban J connectivity index is 0.00000225. The number of carbonyl (C=O) groups excluding carboxylic acids is 3. The maximum atomic E-state index is 12.4. The summed E-state index contributed by atoms with van der Waals surface area (Å²) in [6.07, 6.45) is 3.86. The van der Waals surface area contributed by atoms with Gasteiger partial charge in [-0.05, 0) is 43.4 Å². The summed E-state index contributed by atoms with van der Waals surface area (Å²) in [5.41, 5.74) is 6.81. The number of nitrogens with one attached hydrogen (secondary N) is 1. The molecular formula is C18H24ClN3O3. The molecule has 2 aliphatic rings. The van der Waals surface area contributed by atoms with E-state index in [1.807, 2.05) is 6.92 Å². The van der Waals surface area contributed by atoms with Gasteiger partial charge in [0.25, 0.3) is 17.7 Å². The van der Waals surface area contributed by atoms with Crippen LogP contribution in [0.15, 0.2) is 18.2 Å². The van der Waals surface area contributed by atoms with E-state index in [1.54, 1.807) is 12.1 Å². The Bertz CT molecular complexity index is 688. The highest BCUT2D eigenvalue weighted by atomic mass is 35.5. The van der Waals surface area contributed by atoms with E-state index in [0.717, 1.165) is 25.7 Å². The zero-order valence-electron chi connectivity index (χ0n) is 14.3. The van der Waals surface area contributed by atoms with Crippen molar-refractivity contribution in [3.63, 3.8) is 0 Å². The third-order valence-electron chi connectivity index (χ3n) is 4.73. The quantitative estimate of drug-likeness (QED) is 0.722. The highest BCUT2D eigenvalue weighted by Crippen LogP contribution is 2.32. The summed E-state index contributed by atoms with van der Waals surface area (Å²) in [7, 11) is 0. The summed E-state index contributed by atoms with van der Waals surface area (Å²) in [5.74, 6) is -0.363. The topological polar surface area (TPSA) is 92.5 Å². The number of carbonyl (C=O) groups is 3. The van der Waals surface area contributed by atoms with Crippen LogP contribution in [0.1, 0.15) is 63.7 Å². The lowest BCUT2D eigenvalue weighted by atomic mass is 10.0. The molecule has 1 heterocycles. The van der Waals surface area contributed by atoms with Crippen LogP contribution in [0.4, 0.5) is 0 Å². The number of fused-ring (bicyclic) bond motifs is 1. The van der Waals surface area contributed by atoms with Crippen molar-refractivity contribution in [2.75, 3.05) is 13.1 Å². The van der Waals surface area contributed by atoms with Gasteiger partial charge in [-0.1, -0.05) is 13.3 Å². The molecular weight excluding hydrogens is 342 g/mol. The minimum Gasteiger partial charge on any atom is -0.348 e. The van der Waals surface area contributed by atoms with E-state index in [1.165, 1.54) is 11.0 Å². The van der Waals surface area contributed by atoms with Gasteiger partial charge in [0, 0.05) is 24.7 Å². The Kier molecular flexibility index (Phi) is 6.19. The average Bonchev–Trinajstić information content (AvgIpc) is 3.40. The van der Waals surface area contributed by atoms with Crippen molar-refractivity contribution in [1.29, 1.82) is 0 Å². The van der Waals surface area contributed by atoms with Crippen molar-refractivity contribution in [1.82, 2.24) is 10.2 Å². The second-order valence-corrected chi connectivity index (χ2v) is 6.53. The van der Waals surface area contributed by atoms with Gasteiger partial charge < -0.3 is 11.1 Å². The molecule has 0 saturated heterocycles. The van der Waals surface area contributed by atoms with Crippen LogP contribution in [-0.2, 0) is 0 Å². The number of hydrogen-bond acceptors (Lipinski definition) is 4. The molecule has 1 unspecified atom stereocenters. The Morgan fingerprint density at radius 2 is 1.96 bits per heavy atom. The number of nitrogens with two attached hydrogens (primary N) is 1. The first kappa shape index (κ1) is 19.4. The molecule has 1 aliphatic heterocycles. The second-order valence-electron chi connectivity index (χ2n) is 6.53. The molecule has 7 heteroatoms. The van der Waals surface area contributed by atoms with Gasteiger partial charge in [0.05, 0.1) is 11.1 Å². The lowest BCUT2D eigenvalue weighted by Crippen LogP contribution is -2.41. The van der Waals surface area contributed by atoms with Crippen LogP contribution < -0.4 is 11.1 Å². The second kappa shape index (κ2) is 7.97. The Morgan fingerprint density at radius 3 is 2.56 bits per heavy atom. The minimum absolute atomic E-state index is 0. The van der Waals surface area contributed by atoms with E-state index < -0.39 is 0 Å². The van der Waals surface area contributed by atoms with E-state index >= 15 is 0 Å². The van der Waals surface area contributed by atoms with Crippen LogP contribution in [0.25, 0.3) is 0 Å². The fourth-order valence-electron chi connectivity index (χ4n) is 3.07. The molecule has 1 atom stereocenters. The number of imide groups is 1. The van der Waals surface area contributed by atoms with E-state index in [0.29, 0.717) is 35.7 Å². The van der Waals surface area contributed by atoms with E-state index in [2.05, 4.69) is 5.32 Å². The first-order valence-corrected chi connectivity index (χ1v) is 8.58.